The van der Waals surface area contributed by atoms with Crippen LogP contribution in [0.4, 0.5) is 10.1 Å². The van der Waals surface area contributed by atoms with E-state index in [-0.39, 0.29) is 16.2 Å². The predicted octanol–water partition coefficient (Wildman–Crippen LogP) is 1.63. The van der Waals surface area contributed by atoms with E-state index in [1.165, 1.54) is 41.1 Å². The van der Waals surface area contributed by atoms with E-state index in [9.17, 15) is 17.6 Å². The fourth-order valence-corrected chi connectivity index (χ4v) is 3.19. The highest BCUT2D eigenvalue weighted by molar-refractivity contribution is 7.90. The van der Waals surface area contributed by atoms with Gasteiger partial charge in [-0.1, -0.05) is 6.07 Å². The molecule has 0 radical (unpaired) electrons. The summed E-state index contributed by atoms with van der Waals surface area (Å²) in [6.45, 7) is 0. The number of rotatable bonds is 4. The molecule has 0 atom stereocenters. The minimum absolute atomic E-state index is 0.0743. The van der Waals surface area contributed by atoms with Crippen LogP contribution in [0.5, 0.6) is 0 Å². The molecule has 1 amide bonds. The van der Waals surface area contributed by atoms with Crippen LogP contribution in [0.1, 0.15) is 10.6 Å². The lowest BCUT2D eigenvalue weighted by Crippen LogP contribution is -2.32. The van der Waals surface area contributed by atoms with Gasteiger partial charge < -0.3 is 5.32 Å². The van der Waals surface area contributed by atoms with Gasteiger partial charge in [0.05, 0.1) is 11.1 Å². The normalized spacial score (nSPS) is 11.4. The second kappa shape index (κ2) is 5.93. The van der Waals surface area contributed by atoms with Crippen LogP contribution < -0.4 is 10.0 Å². The summed E-state index contributed by atoms with van der Waals surface area (Å²) >= 11 is 0. The minimum Gasteiger partial charge on any atom is -0.388 e. The highest BCUT2D eigenvalue weighted by Gasteiger charge is 2.22. The maximum absolute atomic E-state index is 13.6. The van der Waals surface area contributed by atoms with Crippen LogP contribution in [0, 0.1) is 5.82 Å². The maximum Gasteiger partial charge on any atom is 0.301 e. The number of halogens is 1. The molecule has 2 heterocycles. The van der Waals surface area contributed by atoms with Crippen molar-refractivity contribution in [2.24, 2.45) is 0 Å². The van der Waals surface area contributed by atoms with Crippen LogP contribution in [0.3, 0.4) is 0 Å². The third-order valence-electron chi connectivity index (χ3n) is 3.38. The van der Waals surface area contributed by atoms with Crippen molar-refractivity contribution in [2.45, 2.75) is 4.90 Å². The highest BCUT2D eigenvalue weighted by Crippen LogP contribution is 2.16. The number of carbonyl (C=O) groups is 1. The Morgan fingerprint density at radius 1 is 1.25 bits per heavy atom. The topological polar surface area (TPSA) is 92.6 Å². The Bertz CT molecular complexity index is 1030. The van der Waals surface area contributed by atoms with Crippen molar-refractivity contribution in [3.05, 3.63) is 60.4 Å². The fourth-order valence-electron chi connectivity index (χ4n) is 2.20. The van der Waals surface area contributed by atoms with E-state index >= 15 is 0 Å². The van der Waals surface area contributed by atoms with E-state index in [0.717, 1.165) is 0 Å². The fraction of sp³-hybridized carbons (Fsp3) is 0.0667. The van der Waals surface area contributed by atoms with Crippen LogP contribution in [-0.2, 0) is 10.0 Å². The molecule has 3 rings (SSSR count). The lowest BCUT2D eigenvalue weighted by atomic mass is 10.3. The third kappa shape index (κ3) is 2.81. The number of pyridine rings is 1. The number of benzene rings is 1. The average Bonchev–Trinajstić information content (AvgIpc) is 3.00. The molecule has 0 aliphatic rings. The van der Waals surface area contributed by atoms with E-state index < -0.39 is 21.7 Å². The molecule has 0 spiro atoms. The molecule has 0 fully saturated rings. The van der Waals surface area contributed by atoms with Crippen molar-refractivity contribution in [3.63, 3.8) is 0 Å². The Labute approximate surface area is 137 Å². The molecule has 7 nitrogen and oxygen atoms in total. The van der Waals surface area contributed by atoms with Gasteiger partial charge in [-0.15, -0.1) is 0 Å². The first-order valence-corrected chi connectivity index (χ1v) is 8.37. The van der Waals surface area contributed by atoms with Gasteiger partial charge in [0.25, 0.3) is 10.0 Å². The van der Waals surface area contributed by atoms with Crippen molar-refractivity contribution in [2.75, 3.05) is 12.4 Å². The summed E-state index contributed by atoms with van der Waals surface area (Å²) < 4.78 is 41.4. The van der Waals surface area contributed by atoms with E-state index in [2.05, 4.69) is 10.3 Å². The molecule has 0 aliphatic heterocycles. The molecule has 0 saturated carbocycles. The number of nitrogens with one attached hydrogen (secondary N) is 2. The summed E-state index contributed by atoms with van der Waals surface area (Å²) in [6.07, 6.45) is 2.59. The molecule has 124 valence electrons. The summed E-state index contributed by atoms with van der Waals surface area (Å²) in [5.41, 5.74) is 0.663. The van der Waals surface area contributed by atoms with Crippen molar-refractivity contribution in [3.8, 4) is 0 Å². The number of amides is 1. The zero-order valence-electron chi connectivity index (χ0n) is 12.5. The average molecular weight is 348 g/mol. The van der Waals surface area contributed by atoms with Gasteiger partial charge in [-0.3, -0.25) is 9.20 Å². The molecule has 2 N–H and O–H groups in total. The molecular formula is C15H13FN4O3S. The Hall–Kier alpha value is -2.94. The van der Waals surface area contributed by atoms with Gasteiger partial charge in [-0.05, 0) is 30.3 Å². The molecule has 3 aromatic rings. The summed E-state index contributed by atoms with van der Waals surface area (Å²) in [5.74, 6) is -1.73. The maximum atomic E-state index is 13.6. The van der Waals surface area contributed by atoms with Crippen LogP contribution in [0.2, 0.25) is 0 Å². The first-order chi connectivity index (χ1) is 11.4. The molecule has 0 aliphatic carbocycles. The first-order valence-electron chi connectivity index (χ1n) is 6.89. The van der Waals surface area contributed by atoms with Gasteiger partial charge in [-0.2, -0.15) is 0 Å². The lowest BCUT2D eigenvalue weighted by Gasteiger charge is -2.08. The van der Waals surface area contributed by atoms with Crippen molar-refractivity contribution < 1.29 is 17.6 Å². The highest BCUT2D eigenvalue weighted by atomic mass is 32.2. The molecule has 24 heavy (non-hydrogen) atoms. The first kappa shape index (κ1) is 15.9. The Kier molecular flexibility index (Phi) is 3.94. The van der Waals surface area contributed by atoms with Crippen LogP contribution in [0.15, 0.2) is 53.7 Å². The number of imidazole rings is 1. The minimum atomic E-state index is -4.08. The van der Waals surface area contributed by atoms with Gasteiger partial charge in [0.1, 0.15) is 11.3 Å². The third-order valence-corrected chi connectivity index (χ3v) is 4.71. The Morgan fingerprint density at radius 3 is 2.79 bits per heavy atom. The molecule has 1 aromatic carbocycles. The zero-order chi connectivity index (χ0) is 17.3. The number of fused-ring (bicyclic) bond motifs is 1. The van der Waals surface area contributed by atoms with Gasteiger partial charge >= 0.3 is 5.91 Å². The number of hydrogen-bond donors (Lipinski definition) is 2. The van der Waals surface area contributed by atoms with E-state index in [4.69, 9.17) is 0 Å². The summed E-state index contributed by atoms with van der Waals surface area (Å²) in [4.78, 5) is 16.0. The zero-order valence-corrected chi connectivity index (χ0v) is 13.3. The Balaban J connectivity index is 1.94. The van der Waals surface area contributed by atoms with E-state index in [1.54, 1.807) is 19.2 Å². The summed E-state index contributed by atoms with van der Waals surface area (Å²) in [5, 5.41) is 2.82. The number of nitrogens with zero attached hydrogens (tertiary/aromatic N) is 2. The quantitative estimate of drug-likeness (QED) is 0.748. The van der Waals surface area contributed by atoms with Crippen molar-refractivity contribution in [1.82, 2.24) is 14.1 Å². The largest absolute Gasteiger partial charge is 0.388 e. The number of anilines is 1. The van der Waals surface area contributed by atoms with Gasteiger partial charge in [0, 0.05) is 18.9 Å². The molecule has 0 bridgehead atoms. The summed E-state index contributed by atoms with van der Waals surface area (Å²) in [6, 6.07) is 8.60. The van der Waals surface area contributed by atoms with Gasteiger partial charge in [0.15, 0.2) is 0 Å². The molecule has 0 unspecified atom stereocenters. The van der Waals surface area contributed by atoms with Crippen LogP contribution >= 0.6 is 0 Å². The van der Waals surface area contributed by atoms with Gasteiger partial charge in [-0.25, -0.2) is 22.5 Å². The molecule has 9 heteroatoms. The SMILES string of the molecule is CNc1cccc(S(=O)(=O)NC(=O)c2ncc3c(F)cccn23)c1. The Morgan fingerprint density at radius 2 is 2.04 bits per heavy atom. The lowest BCUT2D eigenvalue weighted by molar-refractivity contribution is 0.0971. The van der Waals surface area contributed by atoms with Crippen LogP contribution in [0.25, 0.3) is 5.52 Å². The monoisotopic (exact) mass is 348 g/mol. The summed E-state index contributed by atoms with van der Waals surface area (Å²) in [7, 11) is -2.44. The second-order valence-electron chi connectivity index (χ2n) is 4.91. The van der Waals surface area contributed by atoms with Crippen molar-refractivity contribution in [1.29, 1.82) is 0 Å². The van der Waals surface area contributed by atoms with Gasteiger partial charge in [0.2, 0.25) is 5.82 Å². The number of aromatic nitrogens is 2. The van der Waals surface area contributed by atoms with Crippen molar-refractivity contribution >= 4 is 27.1 Å². The van der Waals surface area contributed by atoms with Crippen LogP contribution in [-0.4, -0.2) is 30.8 Å². The standard InChI is InChI=1S/C15H13FN4O3S/c1-17-10-4-2-5-11(8-10)24(22,23)19-15(21)14-18-9-13-12(16)6-3-7-20(13)14/h2-9,17H,1H3,(H,19,21). The number of hydrogen-bond acceptors (Lipinski definition) is 5. The number of carbonyl (C=O) groups excluding carboxylic acids is 1. The molecule has 2 aromatic heterocycles. The van der Waals surface area contributed by atoms with E-state index in [1.807, 2.05) is 4.72 Å². The predicted molar refractivity (Wildman–Crippen MR) is 85.8 cm³/mol. The van der Waals surface area contributed by atoms with E-state index in [0.29, 0.717) is 5.69 Å². The molecular weight excluding hydrogens is 335 g/mol. The smallest absolute Gasteiger partial charge is 0.301 e. The number of sulfonamides is 1. The second-order valence-corrected chi connectivity index (χ2v) is 6.59. The molecule has 0 saturated heterocycles.